The molecule has 0 radical (unpaired) electrons. The minimum absolute atomic E-state index is 0.187. The number of nitrogens with zero attached hydrogens (tertiary/aromatic N) is 6. The number of tetrazole rings is 1. The molecule has 4 heterocycles. The van der Waals surface area contributed by atoms with E-state index >= 15 is 0 Å². The summed E-state index contributed by atoms with van der Waals surface area (Å²) in [6.45, 7) is 1.62. The van der Waals surface area contributed by atoms with Crippen LogP contribution in [0.5, 0.6) is 11.6 Å². The SMILES string of the molecule is Cc1nc2c(-c3nn[nH]n3)c[nH]n2c(=O)c1CC(=O)Nc1ccc(Oc2cccc(C(F)(F)F)n2)cc1. The average molecular weight is 511 g/mol. The van der Waals surface area contributed by atoms with Gasteiger partial charge >= 0.3 is 6.18 Å². The Bertz CT molecular complexity index is 1640. The number of benzene rings is 1. The molecule has 0 aliphatic carbocycles. The van der Waals surface area contributed by atoms with Crippen molar-refractivity contribution in [2.45, 2.75) is 19.5 Å². The Morgan fingerprint density at radius 2 is 1.92 bits per heavy atom. The molecule has 0 aliphatic heterocycles. The minimum Gasteiger partial charge on any atom is -0.439 e. The monoisotopic (exact) mass is 511 g/mol. The fraction of sp³-hybridized carbons (Fsp3) is 0.136. The highest BCUT2D eigenvalue weighted by molar-refractivity contribution is 5.92. The van der Waals surface area contributed by atoms with Crippen LogP contribution in [0.15, 0.2) is 53.5 Å². The molecule has 4 aromatic heterocycles. The molecule has 188 valence electrons. The van der Waals surface area contributed by atoms with Crippen LogP contribution >= 0.6 is 0 Å². The van der Waals surface area contributed by atoms with Gasteiger partial charge in [0.2, 0.25) is 17.6 Å². The van der Waals surface area contributed by atoms with Gasteiger partial charge in [0, 0.05) is 29.2 Å². The van der Waals surface area contributed by atoms with Crippen LogP contribution < -0.4 is 15.6 Å². The first-order valence-corrected chi connectivity index (χ1v) is 10.6. The van der Waals surface area contributed by atoms with Crippen LogP contribution in [-0.2, 0) is 17.4 Å². The molecule has 0 atom stereocenters. The van der Waals surface area contributed by atoms with E-state index in [9.17, 15) is 22.8 Å². The number of carbonyl (C=O) groups excluding carboxylic acids is 1. The van der Waals surface area contributed by atoms with Crippen LogP contribution in [0.1, 0.15) is 17.0 Å². The highest BCUT2D eigenvalue weighted by atomic mass is 19.4. The maximum Gasteiger partial charge on any atom is 0.433 e. The number of halogens is 3. The van der Waals surface area contributed by atoms with Crippen molar-refractivity contribution in [3.63, 3.8) is 0 Å². The zero-order chi connectivity index (χ0) is 26.2. The number of ether oxygens (including phenoxy) is 1. The lowest BCUT2D eigenvalue weighted by atomic mass is 10.1. The molecule has 1 amide bonds. The standard InChI is InChI=1S/C22H16F3N9O3/c1-11-14(21(36)34-20(27-11)15(10-26-34)19-30-32-33-31-19)9-17(35)28-12-5-7-13(8-6-12)37-18-4-2-3-16(29-18)22(23,24)25/h2-8,10,26H,9H2,1H3,(H,28,35)(H,30,31,32,33). The van der Waals surface area contributed by atoms with Crippen LogP contribution in [-0.4, -0.2) is 46.1 Å². The van der Waals surface area contributed by atoms with Crippen molar-refractivity contribution in [2.24, 2.45) is 0 Å². The van der Waals surface area contributed by atoms with Crippen molar-refractivity contribution in [2.75, 3.05) is 5.32 Å². The number of aromatic nitrogens is 8. The number of pyridine rings is 1. The quantitative estimate of drug-likeness (QED) is 0.314. The van der Waals surface area contributed by atoms with E-state index in [2.05, 4.69) is 41.0 Å². The fourth-order valence-electron chi connectivity index (χ4n) is 3.52. The number of rotatable bonds is 6. The maximum atomic E-state index is 13.0. The third-order valence-electron chi connectivity index (χ3n) is 5.26. The third kappa shape index (κ3) is 4.86. The molecule has 0 spiro atoms. The summed E-state index contributed by atoms with van der Waals surface area (Å²) < 4.78 is 45.1. The first kappa shape index (κ1) is 23.7. The zero-order valence-corrected chi connectivity index (χ0v) is 18.9. The Morgan fingerprint density at radius 1 is 1.14 bits per heavy atom. The molecule has 15 heteroatoms. The molecule has 0 saturated heterocycles. The number of nitrogens with one attached hydrogen (secondary N) is 3. The lowest BCUT2D eigenvalue weighted by Crippen LogP contribution is -2.26. The Hall–Kier alpha value is -5.08. The van der Waals surface area contributed by atoms with E-state index in [1.807, 2.05) is 0 Å². The third-order valence-corrected chi connectivity index (χ3v) is 5.26. The summed E-state index contributed by atoms with van der Waals surface area (Å²) in [6.07, 6.45) is -3.33. The molecule has 0 fully saturated rings. The minimum atomic E-state index is -4.59. The van der Waals surface area contributed by atoms with Gasteiger partial charge < -0.3 is 10.1 Å². The van der Waals surface area contributed by atoms with Crippen LogP contribution in [0.2, 0.25) is 0 Å². The summed E-state index contributed by atoms with van der Waals surface area (Å²) >= 11 is 0. The fourth-order valence-corrected chi connectivity index (χ4v) is 3.52. The molecule has 37 heavy (non-hydrogen) atoms. The molecule has 3 N–H and O–H groups in total. The number of anilines is 1. The average Bonchev–Trinajstić information content (AvgIpc) is 3.53. The summed E-state index contributed by atoms with van der Waals surface area (Å²) in [4.78, 5) is 33.5. The lowest BCUT2D eigenvalue weighted by Gasteiger charge is -2.10. The van der Waals surface area contributed by atoms with Crippen LogP contribution in [0.3, 0.4) is 0 Å². The topological polar surface area (TPSA) is 156 Å². The number of H-pyrrole nitrogens is 2. The molecule has 0 bridgehead atoms. The number of aryl methyl sites for hydroxylation is 1. The van der Waals surface area contributed by atoms with E-state index in [0.29, 0.717) is 22.6 Å². The molecular weight excluding hydrogens is 495 g/mol. The van der Waals surface area contributed by atoms with Crippen molar-refractivity contribution in [3.8, 4) is 23.0 Å². The number of fused-ring (bicyclic) bond motifs is 1. The molecule has 5 aromatic rings. The lowest BCUT2D eigenvalue weighted by molar-refractivity contribution is -0.141. The number of amides is 1. The van der Waals surface area contributed by atoms with E-state index in [0.717, 1.165) is 6.07 Å². The highest BCUT2D eigenvalue weighted by Gasteiger charge is 2.32. The second-order valence-corrected chi connectivity index (χ2v) is 7.77. The highest BCUT2D eigenvalue weighted by Crippen LogP contribution is 2.30. The molecule has 0 saturated carbocycles. The van der Waals surface area contributed by atoms with Crippen LogP contribution in [0.4, 0.5) is 18.9 Å². The van der Waals surface area contributed by atoms with Crippen molar-refractivity contribution >= 4 is 17.2 Å². The number of alkyl halides is 3. The van der Waals surface area contributed by atoms with Crippen molar-refractivity contribution < 1.29 is 22.7 Å². The predicted octanol–water partition coefficient (Wildman–Crippen LogP) is 2.90. The van der Waals surface area contributed by atoms with E-state index in [4.69, 9.17) is 4.74 Å². The normalized spacial score (nSPS) is 11.6. The number of hydrogen-bond donors (Lipinski definition) is 3. The summed E-state index contributed by atoms with van der Waals surface area (Å²) in [6, 6.07) is 9.26. The Morgan fingerprint density at radius 3 is 2.62 bits per heavy atom. The first-order chi connectivity index (χ1) is 17.7. The van der Waals surface area contributed by atoms with Gasteiger partial charge in [0.25, 0.3) is 5.56 Å². The van der Waals surface area contributed by atoms with Gasteiger partial charge in [-0.25, -0.2) is 14.5 Å². The Balaban J connectivity index is 1.28. The zero-order valence-electron chi connectivity index (χ0n) is 18.9. The van der Waals surface area contributed by atoms with E-state index in [1.165, 1.54) is 47.1 Å². The van der Waals surface area contributed by atoms with Gasteiger partial charge in [-0.05, 0) is 42.5 Å². The molecule has 0 aliphatic rings. The van der Waals surface area contributed by atoms with E-state index in [1.54, 1.807) is 6.92 Å². The van der Waals surface area contributed by atoms with Crippen molar-refractivity contribution in [1.82, 2.24) is 40.2 Å². The molecule has 5 rings (SSSR count). The van der Waals surface area contributed by atoms with E-state index in [-0.39, 0.29) is 29.4 Å². The van der Waals surface area contributed by atoms with Gasteiger partial charge in [0.05, 0.1) is 12.0 Å². The van der Waals surface area contributed by atoms with Gasteiger partial charge in [-0.1, -0.05) is 6.07 Å². The van der Waals surface area contributed by atoms with Gasteiger partial charge in [0.1, 0.15) is 11.4 Å². The first-order valence-electron chi connectivity index (χ1n) is 10.6. The molecular formula is C22H16F3N9O3. The smallest absolute Gasteiger partial charge is 0.433 e. The van der Waals surface area contributed by atoms with Crippen LogP contribution in [0.25, 0.3) is 17.0 Å². The molecule has 12 nitrogen and oxygen atoms in total. The van der Waals surface area contributed by atoms with Gasteiger partial charge in [-0.3, -0.25) is 14.7 Å². The maximum absolute atomic E-state index is 13.0. The summed E-state index contributed by atoms with van der Waals surface area (Å²) in [5.74, 6) is -0.220. The summed E-state index contributed by atoms with van der Waals surface area (Å²) in [5.41, 5.74) is 0.170. The van der Waals surface area contributed by atoms with Gasteiger partial charge in [0.15, 0.2) is 5.65 Å². The van der Waals surface area contributed by atoms with Crippen LogP contribution in [0, 0.1) is 6.92 Å². The summed E-state index contributed by atoms with van der Waals surface area (Å²) in [5, 5.41) is 19.0. The predicted molar refractivity (Wildman–Crippen MR) is 122 cm³/mol. The molecule has 1 aromatic carbocycles. The Kier molecular flexibility index (Phi) is 5.87. The summed E-state index contributed by atoms with van der Waals surface area (Å²) in [7, 11) is 0. The van der Waals surface area contributed by atoms with Crippen molar-refractivity contribution in [3.05, 3.63) is 76.0 Å². The number of hydrogen-bond acceptors (Lipinski definition) is 8. The number of carbonyl (C=O) groups is 1. The van der Waals surface area contributed by atoms with Gasteiger partial charge in [-0.15, -0.1) is 10.2 Å². The second kappa shape index (κ2) is 9.18. The Labute approximate surface area is 204 Å². The number of aromatic amines is 2. The van der Waals surface area contributed by atoms with E-state index < -0.39 is 23.3 Å². The van der Waals surface area contributed by atoms with Gasteiger partial charge in [-0.2, -0.15) is 18.4 Å². The second-order valence-electron chi connectivity index (χ2n) is 7.77. The largest absolute Gasteiger partial charge is 0.439 e. The molecule has 0 unspecified atom stereocenters. The van der Waals surface area contributed by atoms with Crippen molar-refractivity contribution in [1.29, 1.82) is 0 Å².